The van der Waals surface area contributed by atoms with E-state index in [9.17, 15) is 9.59 Å². The summed E-state index contributed by atoms with van der Waals surface area (Å²) in [6.07, 6.45) is 0. The number of amides is 1. The van der Waals surface area contributed by atoms with Gasteiger partial charge in [0, 0.05) is 19.8 Å². The number of likely N-dealkylation sites (N-methyl/N-ethyl adjacent to an activating group) is 1. The molecule has 0 N–H and O–H groups in total. The molecule has 2 heterocycles. The molecular weight excluding hydrogens is 268 g/mol. The molecule has 0 saturated carbocycles. The van der Waals surface area contributed by atoms with Gasteiger partial charge in [-0.1, -0.05) is 0 Å². The average Bonchev–Trinajstić information content (AvgIpc) is 2.97. The van der Waals surface area contributed by atoms with E-state index in [2.05, 4.69) is 0 Å². The highest BCUT2D eigenvalue weighted by atomic mass is 16.3. The second-order valence-corrected chi connectivity index (χ2v) is 5.26. The number of nitrogens with zero attached hydrogens (tertiary/aromatic N) is 2. The summed E-state index contributed by atoms with van der Waals surface area (Å²) in [5, 5.41) is 0. The largest absolute Gasteiger partial charge is 0.464 e. The number of anilines is 2. The number of fused-ring (bicyclic) bond motifs is 1. The summed E-state index contributed by atoms with van der Waals surface area (Å²) in [4.78, 5) is 26.9. The summed E-state index contributed by atoms with van der Waals surface area (Å²) in [6.45, 7) is 2.53. The van der Waals surface area contributed by atoms with Gasteiger partial charge in [-0.15, -0.1) is 0 Å². The number of hydrogen-bond donors (Lipinski definition) is 0. The van der Waals surface area contributed by atoms with Crippen molar-refractivity contribution in [3.8, 4) is 0 Å². The Kier molecular flexibility index (Phi) is 3.05. The van der Waals surface area contributed by atoms with E-state index in [1.165, 1.54) is 4.90 Å². The highest BCUT2D eigenvalue weighted by Crippen LogP contribution is 2.32. The topological polar surface area (TPSA) is 53.8 Å². The SMILES string of the molecule is Cc1ccc(CN(C)c2ccc3c(c2)N(C)C(=O)C3=O)o1. The predicted octanol–water partition coefficient (Wildman–Crippen LogP) is 2.38. The minimum absolute atomic E-state index is 0.441. The predicted molar refractivity (Wildman–Crippen MR) is 79.7 cm³/mol. The fourth-order valence-electron chi connectivity index (χ4n) is 2.50. The van der Waals surface area contributed by atoms with E-state index >= 15 is 0 Å². The molecule has 2 aromatic rings. The van der Waals surface area contributed by atoms with Gasteiger partial charge in [-0.05, 0) is 37.3 Å². The molecule has 0 bridgehead atoms. The van der Waals surface area contributed by atoms with Gasteiger partial charge in [0.25, 0.3) is 11.7 Å². The van der Waals surface area contributed by atoms with Crippen LogP contribution < -0.4 is 9.80 Å². The Labute approximate surface area is 122 Å². The van der Waals surface area contributed by atoms with Crippen LogP contribution >= 0.6 is 0 Å². The number of aryl methyl sites for hydroxylation is 1. The van der Waals surface area contributed by atoms with Crippen LogP contribution in [0.4, 0.5) is 11.4 Å². The first-order valence-electron chi connectivity index (χ1n) is 6.70. The van der Waals surface area contributed by atoms with Crippen molar-refractivity contribution in [2.75, 3.05) is 23.9 Å². The second-order valence-electron chi connectivity index (χ2n) is 5.26. The first-order chi connectivity index (χ1) is 9.97. The van der Waals surface area contributed by atoms with Gasteiger partial charge in [0.1, 0.15) is 11.5 Å². The van der Waals surface area contributed by atoms with Gasteiger partial charge < -0.3 is 14.2 Å². The Morgan fingerprint density at radius 1 is 1.19 bits per heavy atom. The number of hydrogen-bond acceptors (Lipinski definition) is 4. The van der Waals surface area contributed by atoms with Crippen LogP contribution in [0.1, 0.15) is 21.9 Å². The Morgan fingerprint density at radius 2 is 1.95 bits per heavy atom. The zero-order chi connectivity index (χ0) is 15.1. The first kappa shape index (κ1) is 13.4. The maximum Gasteiger partial charge on any atom is 0.299 e. The molecule has 1 aliphatic heterocycles. The van der Waals surface area contributed by atoms with E-state index < -0.39 is 11.7 Å². The monoisotopic (exact) mass is 284 g/mol. The summed E-state index contributed by atoms with van der Waals surface area (Å²) in [6, 6.07) is 9.28. The molecule has 21 heavy (non-hydrogen) atoms. The van der Waals surface area contributed by atoms with Crippen molar-refractivity contribution in [1.29, 1.82) is 0 Å². The van der Waals surface area contributed by atoms with Crippen LogP contribution in [-0.2, 0) is 11.3 Å². The highest BCUT2D eigenvalue weighted by molar-refractivity contribution is 6.52. The Balaban J connectivity index is 1.87. The molecular formula is C16H16N2O3. The van der Waals surface area contributed by atoms with Gasteiger partial charge >= 0.3 is 0 Å². The fourth-order valence-corrected chi connectivity index (χ4v) is 2.50. The third-order valence-electron chi connectivity index (χ3n) is 3.72. The zero-order valence-corrected chi connectivity index (χ0v) is 12.2. The van der Waals surface area contributed by atoms with Crippen molar-refractivity contribution in [2.24, 2.45) is 0 Å². The fraction of sp³-hybridized carbons (Fsp3) is 0.250. The molecule has 5 nitrogen and oxygen atoms in total. The number of rotatable bonds is 3. The second kappa shape index (κ2) is 4.77. The quantitative estimate of drug-likeness (QED) is 0.812. The maximum absolute atomic E-state index is 11.8. The van der Waals surface area contributed by atoms with Crippen LogP contribution in [0.5, 0.6) is 0 Å². The van der Waals surface area contributed by atoms with Crippen molar-refractivity contribution in [3.05, 3.63) is 47.4 Å². The Morgan fingerprint density at radius 3 is 2.62 bits per heavy atom. The molecule has 0 saturated heterocycles. The van der Waals surface area contributed by atoms with Crippen LogP contribution in [-0.4, -0.2) is 25.8 Å². The van der Waals surface area contributed by atoms with Crippen LogP contribution in [0.2, 0.25) is 0 Å². The minimum atomic E-state index is -0.480. The van der Waals surface area contributed by atoms with Crippen LogP contribution in [0.3, 0.4) is 0 Å². The van der Waals surface area contributed by atoms with Gasteiger partial charge in [-0.25, -0.2) is 0 Å². The van der Waals surface area contributed by atoms with E-state index in [-0.39, 0.29) is 0 Å². The third kappa shape index (κ3) is 2.20. The summed E-state index contributed by atoms with van der Waals surface area (Å²) in [5.41, 5.74) is 2.05. The van der Waals surface area contributed by atoms with Gasteiger partial charge in [-0.2, -0.15) is 0 Å². The van der Waals surface area contributed by atoms with Gasteiger partial charge in [0.05, 0.1) is 17.8 Å². The molecule has 0 aliphatic carbocycles. The molecule has 0 unspecified atom stereocenters. The maximum atomic E-state index is 11.8. The summed E-state index contributed by atoms with van der Waals surface area (Å²) in [7, 11) is 3.56. The number of carbonyl (C=O) groups excluding carboxylic acids is 2. The number of furan rings is 1. The molecule has 1 aromatic carbocycles. The molecule has 3 rings (SSSR count). The molecule has 1 aromatic heterocycles. The Hall–Kier alpha value is -2.56. The van der Waals surface area contributed by atoms with E-state index in [0.717, 1.165) is 17.2 Å². The average molecular weight is 284 g/mol. The molecule has 0 spiro atoms. The van der Waals surface area contributed by atoms with Gasteiger partial charge in [0.2, 0.25) is 0 Å². The van der Waals surface area contributed by atoms with Crippen LogP contribution in [0, 0.1) is 6.92 Å². The molecule has 0 atom stereocenters. The molecule has 0 fully saturated rings. The number of Topliss-reactive ketones (excluding diaryl/α,β-unsaturated/α-hetero) is 1. The summed E-state index contributed by atoms with van der Waals surface area (Å²) in [5.74, 6) is 0.828. The van der Waals surface area contributed by atoms with Crippen LogP contribution in [0.15, 0.2) is 34.7 Å². The van der Waals surface area contributed by atoms with Crippen LogP contribution in [0.25, 0.3) is 0 Å². The summed E-state index contributed by atoms with van der Waals surface area (Å²) >= 11 is 0. The zero-order valence-electron chi connectivity index (χ0n) is 12.2. The minimum Gasteiger partial charge on any atom is -0.464 e. The van der Waals surface area contributed by atoms with Gasteiger partial charge in [0.15, 0.2) is 0 Å². The standard InChI is InChI=1S/C16H16N2O3/c1-10-4-6-12(21-10)9-17(2)11-5-7-13-14(8-11)18(3)16(20)15(13)19/h4-8H,9H2,1-3H3. The van der Waals surface area contributed by atoms with Crippen molar-refractivity contribution in [2.45, 2.75) is 13.5 Å². The normalized spacial score (nSPS) is 13.8. The number of benzene rings is 1. The highest BCUT2D eigenvalue weighted by Gasteiger charge is 2.33. The van der Waals surface area contributed by atoms with E-state index in [4.69, 9.17) is 4.42 Å². The van der Waals surface area contributed by atoms with Crippen molar-refractivity contribution < 1.29 is 14.0 Å². The lowest BCUT2D eigenvalue weighted by molar-refractivity contribution is -0.114. The molecule has 0 radical (unpaired) electrons. The van der Waals surface area contributed by atoms with Crippen molar-refractivity contribution in [1.82, 2.24) is 0 Å². The van der Waals surface area contributed by atoms with Crippen molar-refractivity contribution in [3.63, 3.8) is 0 Å². The van der Waals surface area contributed by atoms with E-state index in [1.54, 1.807) is 13.1 Å². The molecule has 108 valence electrons. The van der Waals surface area contributed by atoms with Crippen molar-refractivity contribution >= 4 is 23.1 Å². The van der Waals surface area contributed by atoms with E-state index in [1.807, 2.05) is 43.1 Å². The third-order valence-corrected chi connectivity index (χ3v) is 3.72. The number of ketones is 1. The lowest BCUT2D eigenvalue weighted by Crippen LogP contribution is -2.24. The molecule has 5 heteroatoms. The molecule has 1 amide bonds. The number of carbonyl (C=O) groups is 2. The lowest BCUT2D eigenvalue weighted by Gasteiger charge is -2.19. The smallest absolute Gasteiger partial charge is 0.299 e. The van der Waals surface area contributed by atoms with Gasteiger partial charge in [-0.3, -0.25) is 9.59 Å². The molecule has 1 aliphatic rings. The first-order valence-corrected chi connectivity index (χ1v) is 6.70. The van der Waals surface area contributed by atoms with E-state index in [0.29, 0.717) is 17.8 Å². The summed E-state index contributed by atoms with van der Waals surface area (Å²) < 4.78 is 5.56. The Bertz CT molecular complexity index is 733. The lowest BCUT2D eigenvalue weighted by atomic mass is 10.1.